The summed E-state index contributed by atoms with van der Waals surface area (Å²) in [5, 5.41) is 13.5. The van der Waals surface area contributed by atoms with Gasteiger partial charge >= 0.3 is 5.69 Å². The number of rotatable bonds is 6. The van der Waals surface area contributed by atoms with Crippen LogP contribution in [0.3, 0.4) is 0 Å². The van der Waals surface area contributed by atoms with Crippen molar-refractivity contribution in [2.45, 2.75) is 13.3 Å². The molecular weight excluding hydrogens is 252 g/mol. The Morgan fingerprint density at radius 1 is 1.32 bits per heavy atom. The molecule has 0 unspecified atom stereocenters. The molecule has 0 aliphatic heterocycles. The number of nitrogens with one attached hydrogen (secondary N) is 1. The van der Waals surface area contributed by atoms with E-state index in [4.69, 9.17) is 9.47 Å². The fourth-order valence-corrected chi connectivity index (χ4v) is 1.66. The van der Waals surface area contributed by atoms with Gasteiger partial charge in [0.05, 0.1) is 25.2 Å². The van der Waals surface area contributed by atoms with Gasteiger partial charge in [-0.2, -0.15) is 0 Å². The van der Waals surface area contributed by atoms with Crippen molar-refractivity contribution in [3.8, 4) is 11.5 Å². The van der Waals surface area contributed by atoms with E-state index in [-0.39, 0.29) is 17.3 Å². The fourth-order valence-electron chi connectivity index (χ4n) is 1.66. The van der Waals surface area contributed by atoms with Gasteiger partial charge in [0.25, 0.3) is 0 Å². The lowest BCUT2D eigenvalue weighted by Crippen LogP contribution is -2.22. The summed E-state index contributed by atoms with van der Waals surface area (Å²) < 4.78 is 10.1. The molecule has 1 N–H and O–H groups in total. The highest BCUT2D eigenvalue weighted by Gasteiger charge is 2.19. The Morgan fingerprint density at radius 2 is 1.95 bits per heavy atom. The van der Waals surface area contributed by atoms with Crippen LogP contribution < -0.4 is 14.8 Å². The molecule has 0 aromatic heterocycles. The van der Waals surface area contributed by atoms with Crippen LogP contribution >= 0.6 is 0 Å². The van der Waals surface area contributed by atoms with Crippen molar-refractivity contribution in [2.75, 3.05) is 20.8 Å². The Labute approximate surface area is 110 Å². The van der Waals surface area contributed by atoms with Crippen LogP contribution in [-0.2, 0) is 11.2 Å². The summed E-state index contributed by atoms with van der Waals surface area (Å²) in [7, 11) is 2.81. The van der Waals surface area contributed by atoms with Crippen molar-refractivity contribution < 1.29 is 19.2 Å². The average Bonchev–Trinajstić information content (AvgIpc) is 2.37. The molecule has 19 heavy (non-hydrogen) atoms. The Balaban J connectivity index is 3.02. The number of nitro groups is 1. The second-order valence-electron chi connectivity index (χ2n) is 3.83. The van der Waals surface area contributed by atoms with Crippen LogP contribution in [0.5, 0.6) is 11.5 Å². The maximum atomic E-state index is 10.9. The zero-order chi connectivity index (χ0) is 14.4. The maximum Gasteiger partial charge on any atom is 0.314 e. The molecule has 104 valence electrons. The summed E-state index contributed by atoms with van der Waals surface area (Å²) >= 11 is 0. The molecule has 1 rings (SSSR count). The predicted octanol–water partition coefficient (Wildman–Crippen LogP) is 1.29. The van der Waals surface area contributed by atoms with Crippen LogP contribution in [0.15, 0.2) is 12.1 Å². The van der Waals surface area contributed by atoms with Gasteiger partial charge < -0.3 is 14.8 Å². The predicted molar refractivity (Wildman–Crippen MR) is 68.6 cm³/mol. The van der Waals surface area contributed by atoms with E-state index in [1.807, 2.05) is 0 Å². The van der Waals surface area contributed by atoms with Crippen LogP contribution in [0, 0.1) is 10.1 Å². The summed E-state index contributed by atoms with van der Waals surface area (Å²) in [5.74, 6) is 0.439. The average molecular weight is 268 g/mol. The molecule has 0 radical (unpaired) electrons. The number of ether oxygens (including phenoxy) is 2. The molecule has 0 atom stereocenters. The molecule has 0 aliphatic carbocycles. The zero-order valence-corrected chi connectivity index (χ0v) is 11.1. The smallest absolute Gasteiger partial charge is 0.314 e. The van der Waals surface area contributed by atoms with E-state index in [2.05, 4.69) is 5.32 Å². The van der Waals surface area contributed by atoms with Gasteiger partial charge in [0.1, 0.15) is 5.75 Å². The standard InChI is InChI=1S/C12H16N2O5/c1-8(15)13-5-4-9-6-12(19-3)10(14(16)17)7-11(9)18-2/h6-7H,4-5H2,1-3H3,(H,13,15). The van der Waals surface area contributed by atoms with E-state index in [0.717, 1.165) is 5.56 Å². The number of methoxy groups -OCH3 is 2. The first-order valence-electron chi connectivity index (χ1n) is 5.63. The molecule has 0 saturated heterocycles. The minimum atomic E-state index is -0.529. The quantitative estimate of drug-likeness (QED) is 0.620. The van der Waals surface area contributed by atoms with E-state index in [1.54, 1.807) is 6.07 Å². The molecule has 0 heterocycles. The number of nitrogens with zero attached hydrogens (tertiary/aromatic N) is 1. The first-order valence-corrected chi connectivity index (χ1v) is 5.63. The van der Waals surface area contributed by atoms with Crippen molar-refractivity contribution in [3.63, 3.8) is 0 Å². The van der Waals surface area contributed by atoms with Crippen molar-refractivity contribution in [3.05, 3.63) is 27.8 Å². The molecule has 0 fully saturated rings. The lowest BCUT2D eigenvalue weighted by atomic mass is 10.1. The van der Waals surface area contributed by atoms with Crippen molar-refractivity contribution >= 4 is 11.6 Å². The van der Waals surface area contributed by atoms with Crippen molar-refractivity contribution in [1.82, 2.24) is 5.32 Å². The molecular formula is C12H16N2O5. The minimum Gasteiger partial charge on any atom is -0.496 e. The van der Waals surface area contributed by atoms with Crippen molar-refractivity contribution in [1.29, 1.82) is 0 Å². The largest absolute Gasteiger partial charge is 0.496 e. The lowest BCUT2D eigenvalue weighted by molar-refractivity contribution is -0.385. The first kappa shape index (κ1) is 14.7. The molecule has 1 amide bonds. The van der Waals surface area contributed by atoms with Gasteiger partial charge in [-0.3, -0.25) is 14.9 Å². The molecule has 7 heteroatoms. The Bertz CT molecular complexity index is 487. The SMILES string of the molecule is COc1cc([N+](=O)[O-])c(OC)cc1CCNC(C)=O. The van der Waals surface area contributed by atoms with Gasteiger partial charge in [0.2, 0.25) is 5.91 Å². The maximum absolute atomic E-state index is 10.9. The summed E-state index contributed by atoms with van der Waals surface area (Å²) in [4.78, 5) is 21.1. The number of hydrogen-bond donors (Lipinski definition) is 1. The summed E-state index contributed by atoms with van der Waals surface area (Å²) in [6.45, 7) is 1.85. The van der Waals surface area contributed by atoms with Gasteiger partial charge in [0.15, 0.2) is 5.75 Å². The number of hydrogen-bond acceptors (Lipinski definition) is 5. The Hall–Kier alpha value is -2.31. The van der Waals surface area contributed by atoms with Gasteiger partial charge in [-0.15, -0.1) is 0 Å². The molecule has 0 bridgehead atoms. The summed E-state index contributed by atoms with van der Waals surface area (Å²) in [5.41, 5.74) is 0.585. The highest BCUT2D eigenvalue weighted by Crippen LogP contribution is 2.34. The highest BCUT2D eigenvalue weighted by atomic mass is 16.6. The Morgan fingerprint density at radius 3 is 2.42 bits per heavy atom. The lowest BCUT2D eigenvalue weighted by Gasteiger charge is -2.11. The molecule has 0 saturated carbocycles. The minimum absolute atomic E-state index is 0.132. The van der Waals surface area contributed by atoms with E-state index in [0.29, 0.717) is 18.7 Å². The normalized spacial score (nSPS) is 9.84. The third-order valence-corrected chi connectivity index (χ3v) is 2.55. The number of carbonyl (C=O) groups is 1. The van der Waals surface area contributed by atoms with Crippen LogP contribution in [0.25, 0.3) is 0 Å². The van der Waals surface area contributed by atoms with Gasteiger partial charge in [-0.1, -0.05) is 0 Å². The fraction of sp³-hybridized carbons (Fsp3) is 0.417. The number of carbonyl (C=O) groups excluding carboxylic acids is 1. The van der Waals surface area contributed by atoms with E-state index < -0.39 is 4.92 Å². The van der Waals surface area contributed by atoms with Gasteiger partial charge in [-0.25, -0.2) is 0 Å². The van der Waals surface area contributed by atoms with Crippen LogP contribution in [-0.4, -0.2) is 31.6 Å². The van der Waals surface area contributed by atoms with Crippen LogP contribution in [0.1, 0.15) is 12.5 Å². The van der Waals surface area contributed by atoms with Crippen LogP contribution in [0.4, 0.5) is 5.69 Å². The first-order chi connectivity index (χ1) is 8.99. The summed E-state index contributed by atoms with van der Waals surface area (Å²) in [6.07, 6.45) is 0.497. The molecule has 0 spiro atoms. The zero-order valence-electron chi connectivity index (χ0n) is 11.1. The summed E-state index contributed by atoms with van der Waals surface area (Å²) in [6, 6.07) is 2.88. The highest BCUT2D eigenvalue weighted by molar-refractivity contribution is 5.72. The molecule has 1 aromatic rings. The van der Waals surface area contributed by atoms with Crippen molar-refractivity contribution in [2.24, 2.45) is 0 Å². The van der Waals surface area contributed by atoms with E-state index in [9.17, 15) is 14.9 Å². The molecule has 1 aromatic carbocycles. The van der Waals surface area contributed by atoms with Gasteiger partial charge in [-0.05, 0) is 12.5 Å². The van der Waals surface area contributed by atoms with E-state index in [1.165, 1.54) is 27.2 Å². The second-order valence-corrected chi connectivity index (χ2v) is 3.83. The number of amides is 1. The molecule has 7 nitrogen and oxygen atoms in total. The monoisotopic (exact) mass is 268 g/mol. The number of benzene rings is 1. The Kier molecular flexibility index (Phi) is 5.11. The van der Waals surface area contributed by atoms with Gasteiger partial charge in [0, 0.05) is 19.0 Å². The topological polar surface area (TPSA) is 90.7 Å². The number of nitro benzene ring substituents is 1. The van der Waals surface area contributed by atoms with Crippen LogP contribution in [0.2, 0.25) is 0 Å². The second kappa shape index (κ2) is 6.58. The third kappa shape index (κ3) is 3.84. The molecule has 0 aliphatic rings. The third-order valence-electron chi connectivity index (χ3n) is 2.55. The van der Waals surface area contributed by atoms with E-state index >= 15 is 0 Å².